The first-order valence-electron chi connectivity index (χ1n) is 10.5. The summed E-state index contributed by atoms with van der Waals surface area (Å²) < 4.78 is 5.80. The summed E-state index contributed by atoms with van der Waals surface area (Å²) in [6.45, 7) is 12.7. The number of rotatable bonds is 11. The average Bonchev–Trinajstić information content (AvgIpc) is 2.66. The molecule has 0 N–H and O–H groups in total. The SMILES string of the molecule is CC(C)=CCCC(C)=CCC(C=C(C)CCC=C(C)C)OC(=O)c1cccnc1. The van der Waals surface area contributed by atoms with Gasteiger partial charge in [0.05, 0.1) is 5.56 Å². The third-order valence-corrected chi connectivity index (χ3v) is 4.51. The van der Waals surface area contributed by atoms with Gasteiger partial charge in [0.1, 0.15) is 6.10 Å². The average molecular weight is 396 g/mol. The summed E-state index contributed by atoms with van der Waals surface area (Å²) in [4.78, 5) is 16.5. The van der Waals surface area contributed by atoms with Gasteiger partial charge in [0, 0.05) is 18.8 Å². The summed E-state index contributed by atoms with van der Waals surface area (Å²) in [5.41, 5.74) is 5.71. The minimum atomic E-state index is -0.327. The molecule has 0 saturated heterocycles. The van der Waals surface area contributed by atoms with Crippen molar-refractivity contribution in [2.75, 3.05) is 0 Å². The van der Waals surface area contributed by atoms with Crippen LogP contribution in [0.5, 0.6) is 0 Å². The van der Waals surface area contributed by atoms with E-state index in [0.29, 0.717) is 12.0 Å². The summed E-state index contributed by atoms with van der Waals surface area (Å²) in [6.07, 6.45) is 16.4. The van der Waals surface area contributed by atoms with Gasteiger partial charge in [0.25, 0.3) is 0 Å². The van der Waals surface area contributed by atoms with Gasteiger partial charge in [-0.05, 0) is 85.4 Å². The van der Waals surface area contributed by atoms with Gasteiger partial charge in [-0.2, -0.15) is 0 Å². The molecule has 3 nitrogen and oxygen atoms in total. The highest BCUT2D eigenvalue weighted by atomic mass is 16.5. The first-order valence-corrected chi connectivity index (χ1v) is 10.5. The van der Waals surface area contributed by atoms with Gasteiger partial charge in [-0.25, -0.2) is 4.79 Å². The number of carbonyl (C=O) groups excluding carboxylic acids is 1. The summed E-state index contributed by atoms with van der Waals surface area (Å²) >= 11 is 0. The molecule has 0 radical (unpaired) electrons. The molecule has 0 bridgehead atoms. The molecule has 158 valence electrons. The van der Waals surface area contributed by atoms with Crippen molar-refractivity contribution in [1.29, 1.82) is 0 Å². The maximum Gasteiger partial charge on any atom is 0.340 e. The van der Waals surface area contributed by atoms with Crippen LogP contribution in [0.15, 0.2) is 71.1 Å². The van der Waals surface area contributed by atoms with Crippen LogP contribution in [0.25, 0.3) is 0 Å². The fourth-order valence-corrected chi connectivity index (χ4v) is 2.84. The second-order valence-electron chi connectivity index (χ2n) is 8.12. The zero-order valence-corrected chi connectivity index (χ0v) is 19.0. The molecular formula is C26H37NO2. The Labute approximate surface area is 177 Å². The molecule has 1 unspecified atom stereocenters. The number of carbonyl (C=O) groups is 1. The first-order chi connectivity index (χ1) is 13.8. The quantitative estimate of drug-likeness (QED) is 0.290. The largest absolute Gasteiger partial charge is 0.454 e. The van der Waals surface area contributed by atoms with Crippen molar-refractivity contribution < 1.29 is 9.53 Å². The molecule has 1 rings (SSSR count). The minimum Gasteiger partial charge on any atom is -0.454 e. The Morgan fingerprint density at radius 3 is 2.14 bits per heavy atom. The van der Waals surface area contributed by atoms with E-state index in [1.54, 1.807) is 24.5 Å². The summed E-state index contributed by atoms with van der Waals surface area (Å²) in [6, 6.07) is 3.48. The van der Waals surface area contributed by atoms with Crippen LogP contribution >= 0.6 is 0 Å². The van der Waals surface area contributed by atoms with Crippen LogP contribution in [-0.2, 0) is 4.74 Å². The van der Waals surface area contributed by atoms with E-state index in [-0.39, 0.29) is 12.1 Å². The molecule has 0 fully saturated rings. The van der Waals surface area contributed by atoms with Crippen molar-refractivity contribution in [2.24, 2.45) is 0 Å². The lowest BCUT2D eigenvalue weighted by Crippen LogP contribution is -2.16. The van der Waals surface area contributed by atoms with E-state index in [2.05, 4.69) is 70.8 Å². The summed E-state index contributed by atoms with van der Waals surface area (Å²) in [5, 5.41) is 0. The molecule has 0 aliphatic carbocycles. The van der Waals surface area contributed by atoms with E-state index in [9.17, 15) is 4.79 Å². The Balaban J connectivity index is 2.82. The molecule has 0 aromatic carbocycles. The Hall–Kier alpha value is -2.42. The van der Waals surface area contributed by atoms with Crippen LogP contribution in [0.1, 0.15) is 84.0 Å². The number of nitrogens with zero attached hydrogens (tertiary/aromatic N) is 1. The topological polar surface area (TPSA) is 39.2 Å². The number of allylic oxidation sites excluding steroid dienone is 6. The zero-order valence-electron chi connectivity index (χ0n) is 19.0. The van der Waals surface area contributed by atoms with Crippen LogP contribution < -0.4 is 0 Å². The highest BCUT2D eigenvalue weighted by Crippen LogP contribution is 2.16. The number of esters is 1. The maximum atomic E-state index is 12.5. The standard InChI is InChI=1S/C26H37NO2/c1-20(2)10-7-12-22(5)15-16-25(18-23(6)13-8-11-21(3)4)29-26(28)24-14-9-17-27-19-24/h9-11,14-15,17-19,25H,7-8,12-13,16H2,1-6H3. The molecule has 0 amide bonds. The molecule has 0 spiro atoms. The maximum absolute atomic E-state index is 12.5. The lowest BCUT2D eigenvalue weighted by atomic mass is 10.0. The second kappa shape index (κ2) is 13.7. The van der Waals surface area contributed by atoms with E-state index in [4.69, 9.17) is 4.74 Å². The van der Waals surface area contributed by atoms with E-state index in [0.717, 1.165) is 25.7 Å². The smallest absolute Gasteiger partial charge is 0.340 e. The van der Waals surface area contributed by atoms with Crippen molar-refractivity contribution >= 4 is 5.97 Å². The highest BCUT2D eigenvalue weighted by Gasteiger charge is 2.14. The van der Waals surface area contributed by atoms with Crippen LogP contribution in [0, 0.1) is 0 Å². The Morgan fingerprint density at radius 2 is 1.59 bits per heavy atom. The molecule has 1 atom stereocenters. The van der Waals surface area contributed by atoms with Gasteiger partial charge >= 0.3 is 5.97 Å². The Bertz CT molecular complexity index is 746. The fourth-order valence-electron chi connectivity index (χ4n) is 2.84. The molecule has 29 heavy (non-hydrogen) atoms. The van der Waals surface area contributed by atoms with E-state index in [1.807, 2.05) is 0 Å². The van der Waals surface area contributed by atoms with Gasteiger partial charge in [-0.1, -0.05) is 40.5 Å². The van der Waals surface area contributed by atoms with Crippen molar-refractivity contribution in [3.05, 3.63) is 76.7 Å². The Kier molecular flexibility index (Phi) is 11.6. The van der Waals surface area contributed by atoms with Crippen LogP contribution in [0.3, 0.4) is 0 Å². The van der Waals surface area contributed by atoms with Crippen molar-refractivity contribution in [2.45, 2.75) is 79.8 Å². The van der Waals surface area contributed by atoms with Crippen LogP contribution in [-0.4, -0.2) is 17.1 Å². The van der Waals surface area contributed by atoms with Crippen LogP contribution in [0.4, 0.5) is 0 Å². The number of ether oxygens (including phenoxy) is 1. The number of hydrogen-bond acceptors (Lipinski definition) is 3. The molecular weight excluding hydrogens is 358 g/mol. The number of aromatic nitrogens is 1. The third-order valence-electron chi connectivity index (χ3n) is 4.51. The molecule has 0 saturated carbocycles. The van der Waals surface area contributed by atoms with Gasteiger partial charge in [-0.3, -0.25) is 4.98 Å². The lowest BCUT2D eigenvalue weighted by Gasteiger charge is -2.15. The Morgan fingerprint density at radius 1 is 0.966 bits per heavy atom. The fraction of sp³-hybridized carbons (Fsp3) is 0.462. The number of pyridine rings is 1. The molecule has 1 aromatic rings. The summed E-state index contributed by atoms with van der Waals surface area (Å²) in [5.74, 6) is -0.327. The van der Waals surface area contributed by atoms with Crippen molar-refractivity contribution in [1.82, 2.24) is 4.98 Å². The third kappa shape index (κ3) is 11.9. The van der Waals surface area contributed by atoms with Gasteiger partial charge < -0.3 is 4.74 Å². The zero-order chi connectivity index (χ0) is 21.6. The van der Waals surface area contributed by atoms with Gasteiger partial charge in [-0.15, -0.1) is 0 Å². The van der Waals surface area contributed by atoms with E-state index >= 15 is 0 Å². The molecule has 3 heteroatoms. The van der Waals surface area contributed by atoms with Crippen molar-refractivity contribution in [3.8, 4) is 0 Å². The summed E-state index contributed by atoms with van der Waals surface area (Å²) in [7, 11) is 0. The predicted molar refractivity (Wildman–Crippen MR) is 123 cm³/mol. The normalized spacial score (nSPS) is 12.9. The molecule has 1 aromatic heterocycles. The van der Waals surface area contributed by atoms with E-state index in [1.165, 1.54) is 22.3 Å². The first kappa shape index (κ1) is 24.6. The monoisotopic (exact) mass is 395 g/mol. The van der Waals surface area contributed by atoms with Gasteiger partial charge in [0.15, 0.2) is 0 Å². The molecule has 1 heterocycles. The predicted octanol–water partition coefficient (Wildman–Crippen LogP) is 7.38. The number of hydrogen-bond donors (Lipinski definition) is 0. The van der Waals surface area contributed by atoms with Crippen LogP contribution in [0.2, 0.25) is 0 Å². The molecule has 0 aliphatic heterocycles. The molecule has 0 aliphatic rings. The van der Waals surface area contributed by atoms with Gasteiger partial charge in [0.2, 0.25) is 0 Å². The highest BCUT2D eigenvalue weighted by molar-refractivity contribution is 5.89. The minimum absolute atomic E-state index is 0.271. The lowest BCUT2D eigenvalue weighted by molar-refractivity contribution is 0.0397. The van der Waals surface area contributed by atoms with E-state index < -0.39 is 0 Å². The van der Waals surface area contributed by atoms with Crippen molar-refractivity contribution in [3.63, 3.8) is 0 Å². The second-order valence-corrected chi connectivity index (χ2v) is 8.12.